The third kappa shape index (κ3) is 3.41. The maximum atomic E-state index is 13.5. The largest absolute Gasteiger partial charge is 0.294 e. The van der Waals surface area contributed by atoms with Crippen LogP contribution in [-0.2, 0) is 0 Å². The van der Waals surface area contributed by atoms with Crippen molar-refractivity contribution in [3.8, 4) is 0 Å². The molecule has 0 aliphatic carbocycles. The summed E-state index contributed by atoms with van der Waals surface area (Å²) in [5.74, 6) is -0.181. The fourth-order valence-electron chi connectivity index (χ4n) is 1.67. The van der Waals surface area contributed by atoms with Crippen molar-refractivity contribution in [1.29, 1.82) is 0 Å². The van der Waals surface area contributed by atoms with E-state index in [1.807, 2.05) is 0 Å². The third-order valence-electron chi connectivity index (χ3n) is 2.86. The van der Waals surface area contributed by atoms with Crippen LogP contribution in [0.4, 0.5) is 4.39 Å². The number of ketones is 1. The normalized spacial score (nSPS) is 10.8. The summed E-state index contributed by atoms with van der Waals surface area (Å²) in [6.45, 7) is 4.11. The summed E-state index contributed by atoms with van der Waals surface area (Å²) < 4.78 is 14.2. The van der Waals surface area contributed by atoms with Crippen LogP contribution in [0.2, 0.25) is 0 Å². The molecular weight excluding hydrogens is 271 g/mol. The highest BCUT2D eigenvalue weighted by molar-refractivity contribution is 9.10. The molecule has 88 valence electrons. The molecule has 3 heteroatoms. The SMILES string of the molecule is CCC(CC)CC(=O)c1ccc(Br)cc1F. The second-order valence-corrected chi connectivity index (χ2v) is 4.85. The van der Waals surface area contributed by atoms with Crippen LogP contribution in [0.1, 0.15) is 43.5 Å². The van der Waals surface area contributed by atoms with Crippen LogP contribution in [-0.4, -0.2) is 5.78 Å². The molecule has 0 aliphatic rings. The van der Waals surface area contributed by atoms with Crippen LogP contribution < -0.4 is 0 Å². The van der Waals surface area contributed by atoms with Crippen molar-refractivity contribution < 1.29 is 9.18 Å². The lowest BCUT2D eigenvalue weighted by molar-refractivity contribution is 0.0954. The fourth-order valence-corrected chi connectivity index (χ4v) is 2.00. The number of benzene rings is 1. The Morgan fingerprint density at radius 1 is 1.38 bits per heavy atom. The van der Waals surface area contributed by atoms with Crippen LogP contribution in [0.25, 0.3) is 0 Å². The van der Waals surface area contributed by atoms with Gasteiger partial charge in [-0.25, -0.2) is 4.39 Å². The number of halogens is 2. The van der Waals surface area contributed by atoms with Crippen LogP contribution in [0.5, 0.6) is 0 Å². The molecular formula is C13H16BrFO. The van der Waals surface area contributed by atoms with Gasteiger partial charge in [-0.3, -0.25) is 4.79 Å². The first-order chi connectivity index (χ1) is 7.58. The minimum Gasteiger partial charge on any atom is -0.294 e. The van der Waals surface area contributed by atoms with Crippen LogP contribution >= 0.6 is 15.9 Å². The molecule has 0 heterocycles. The predicted octanol–water partition coefficient (Wildman–Crippen LogP) is 4.60. The number of carbonyl (C=O) groups is 1. The monoisotopic (exact) mass is 286 g/mol. The molecule has 0 aromatic heterocycles. The van der Waals surface area contributed by atoms with Crippen molar-refractivity contribution in [3.63, 3.8) is 0 Å². The van der Waals surface area contributed by atoms with Gasteiger partial charge >= 0.3 is 0 Å². The van der Waals surface area contributed by atoms with E-state index in [-0.39, 0.29) is 11.3 Å². The maximum absolute atomic E-state index is 13.5. The summed E-state index contributed by atoms with van der Waals surface area (Å²) in [5, 5.41) is 0. The molecule has 0 bridgehead atoms. The van der Waals surface area contributed by atoms with Gasteiger partial charge in [0, 0.05) is 10.9 Å². The van der Waals surface area contributed by atoms with E-state index in [0.717, 1.165) is 12.8 Å². The first-order valence-electron chi connectivity index (χ1n) is 5.56. The minimum absolute atomic E-state index is 0.0984. The molecule has 0 spiro atoms. The third-order valence-corrected chi connectivity index (χ3v) is 3.35. The van der Waals surface area contributed by atoms with E-state index in [4.69, 9.17) is 0 Å². The zero-order chi connectivity index (χ0) is 12.1. The lowest BCUT2D eigenvalue weighted by Gasteiger charge is -2.11. The average molecular weight is 287 g/mol. The van der Waals surface area contributed by atoms with Crippen molar-refractivity contribution >= 4 is 21.7 Å². The molecule has 0 atom stereocenters. The molecule has 0 unspecified atom stereocenters. The van der Waals surface area contributed by atoms with Gasteiger partial charge in [0.15, 0.2) is 5.78 Å². The Balaban J connectivity index is 2.80. The van der Waals surface area contributed by atoms with Crippen LogP contribution in [0, 0.1) is 11.7 Å². The van der Waals surface area contributed by atoms with Crippen molar-refractivity contribution in [2.75, 3.05) is 0 Å². The topological polar surface area (TPSA) is 17.1 Å². The van der Waals surface area contributed by atoms with Gasteiger partial charge in [-0.2, -0.15) is 0 Å². The Kier molecular flexibility index (Phi) is 5.13. The van der Waals surface area contributed by atoms with E-state index in [2.05, 4.69) is 29.8 Å². The predicted molar refractivity (Wildman–Crippen MR) is 67.1 cm³/mol. The summed E-state index contributed by atoms with van der Waals surface area (Å²) in [6.07, 6.45) is 2.35. The Morgan fingerprint density at radius 3 is 2.50 bits per heavy atom. The molecule has 0 amide bonds. The molecule has 0 saturated carbocycles. The van der Waals surface area contributed by atoms with Crippen molar-refractivity contribution in [2.24, 2.45) is 5.92 Å². The van der Waals surface area contributed by atoms with Gasteiger partial charge < -0.3 is 0 Å². The summed E-state index contributed by atoms with van der Waals surface area (Å²) in [6, 6.07) is 4.58. The van der Waals surface area contributed by atoms with Crippen molar-refractivity contribution in [3.05, 3.63) is 34.1 Å². The molecule has 0 radical (unpaired) electrons. The van der Waals surface area contributed by atoms with E-state index in [9.17, 15) is 9.18 Å². The van der Waals surface area contributed by atoms with Gasteiger partial charge in [0.2, 0.25) is 0 Å². The Bertz CT molecular complexity index is 372. The number of rotatable bonds is 5. The second-order valence-electron chi connectivity index (χ2n) is 3.93. The highest BCUT2D eigenvalue weighted by Crippen LogP contribution is 2.20. The van der Waals surface area contributed by atoms with Gasteiger partial charge in [-0.15, -0.1) is 0 Å². The summed E-state index contributed by atoms with van der Waals surface area (Å²) in [7, 11) is 0. The number of Topliss-reactive ketones (excluding diaryl/α,β-unsaturated/α-hetero) is 1. The highest BCUT2D eigenvalue weighted by Gasteiger charge is 2.15. The van der Waals surface area contributed by atoms with E-state index < -0.39 is 5.82 Å². The summed E-state index contributed by atoms with van der Waals surface area (Å²) in [4.78, 5) is 11.8. The smallest absolute Gasteiger partial charge is 0.166 e. The molecule has 0 N–H and O–H groups in total. The summed E-state index contributed by atoms with van der Waals surface area (Å²) >= 11 is 3.17. The van der Waals surface area contributed by atoms with Gasteiger partial charge in [-0.05, 0) is 24.1 Å². The number of carbonyl (C=O) groups excluding carboxylic acids is 1. The lowest BCUT2D eigenvalue weighted by atomic mass is 9.94. The first kappa shape index (κ1) is 13.4. The van der Waals surface area contributed by atoms with Gasteiger partial charge in [0.05, 0.1) is 5.56 Å². The molecule has 0 saturated heterocycles. The molecule has 1 aromatic carbocycles. The van der Waals surface area contributed by atoms with E-state index in [0.29, 0.717) is 16.8 Å². The van der Waals surface area contributed by atoms with Gasteiger partial charge in [0.25, 0.3) is 0 Å². The number of hydrogen-bond donors (Lipinski definition) is 0. The average Bonchev–Trinajstić information content (AvgIpc) is 2.25. The van der Waals surface area contributed by atoms with E-state index in [1.54, 1.807) is 12.1 Å². The maximum Gasteiger partial charge on any atom is 0.166 e. The van der Waals surface area contributed by atoms with E-state index in [1.165, 1.54) is 6.07 Å². The summed E-state index contributed by atoms with van der Waals surface area (Å²) in [5.41, 5.74) is 0.204. The van der Waals surface area contributed by atoms with Gasteiger partial charge in [-0.1, -0.05) is 42.6 Å². The van der Waals surface area contributed by atoms with Crippen LogP contribution in [0.3, 0.4) is 0 Å². The number of hydrogen-bond acceptors (Lipinski definition) is 1. The van der Waals surface area contributed by atoms with Gasteiger partial charge in [0.1, 0.15) is 5.82 Å². The molecule has 0 aliphatic heterocycles. The molecule has 16 heavy (non-hydrogen) atoms. The van der Waals surface area contributed by atoms with Crippen LogP contribution in [0.15, 0.2) is 22.7 Å². The first-order valence-corrected chi connectivity index (χ1v) is 6.36. The quantitative estimate of drug-likeness (QED) is 0.723. The van der Waals surface area contributed by atoms with Crippen molar-refractivity contribution in [2.45, 2.75) is 33.1 Å². The van der Waals surface area contributed by atoms with Crippen molar-refractivity contribution in [1.82, 2.24) is 0 Å². The van der Waals surface area contributed by atoms with E-state index >= 15 is 0 Å². The lowest BCUT2D eigenvalue weighted by Crippen LogP contribution is -2.09. The standard InChI is InChI=1S/C13H16BrFO/c1-3-9(4-2)7-13(16)11-6-5-10(14)8-12(11)15/h5-6,8-9H,3-4,7H2,1-2H3. The Hall–Kier alpha value is -0.700. The zero-order valence-electron chi connectivity index (χ0n) is 9.59. The highest BCUT2D eigenvalue weighted by atomic mass is 79.9. The Labute approximate surface area is 104 Å². The Morgan fingerprint density at radius 2 is 2.00 bits per heavy atom. The molecule has 1 nitrogen and oxygen atoms in total. The molecule has 1 rings (SSSR count). The molecule has 1 aromatic rings. The fraction of sp³-hybridized carbons (Fsp3) is 0.462. The molecule has 0 fully saturated rings. The zero-order valence-corrected chi connectivity index (χ0v) is 11.2. The second kappa shape index (κ2) is 6.14. The minimum atomic E-state index is -0.440.